The summed E-state index contributed by atoms with van der Waals surface area (Å²) in [6.07, 6.45) is -0.125. The number of ether oxygens (including phenoxy) is 1. The Kier molecular flexibility index (Phi) is 4.62. The first-order chi connectivity index (χ1) is 9.93. The van der Waals surface area contributed by atoms with Crippen LogP contribution in [0.4, 0.5) is 4.79 Å². The van der Waals surface area contributed by atoms with Gasteiger partial charge >= 0.3 is 12.0 Å². The summed E-state index contributed by atoms with van der Waals surface area (Å²) in [6, 6.07) is 1.33. The molecule has 7 heteroatoms. The number of hydrogen-bond donors (Lipinski definition) is 1. The lowest BCUT2D eigenvalue weighted by Crippen LogP contribution is -2.41. The summed E-state index contributed by atoms with van der Waals surface area (Å²) in [5, 5.41) is 2.54. The highest BCUT2D eigenvalue weighted by Gasteiger charge is 2.32. The molecule has 0 aliphatic carbocycles. The van der Waals surface area contributed by atoms with Gasteiger partial charge in [0.2, 0.25) is 0 Å². The summed E-state index contributed by atoms with van der Waals surface area (Å²) < 4.78 is 5.17. The van der Waals surface area contributed by atoms with Gasteiger partial charge in [0.1, 0.15) is 4.88 Å². The number of carbonyl (C=O) groups excluding carboxylic acids is 3. The van der Waals surface area contributed by atoms with E-state index < -0.39 is 24.0 Å². The third kappa shape index (κ3) is 3.24. The van der Waals surface area contributed by atoms with Crippen molar-refractivity contribution < 1.29 is 19.1 Å². The van der Waals surface area contributed by atoms with E-state index in [2.05, 4.69) is 5.32 Å². The van der Waals surface area contributed by atoms with Crippen LogP contribution in [-0.4, -0.2) is 42.0 Å². The molecule has 1 saturated heterocycles. The maximum atomic E-state index is 12.1. The molecule has 1 aromatic rings. The predicted octanol–water partition coefficient (Wildman–Crippen LogP) is 1.72. The van der Waals surface area contributed by atoms with Crippen LogP contribution >= 0.6 is 11.3 Å². The zero-order valence-electron chi connectivity index (χ0n) is 12.3. The molecule has 1 unspecified atom stereocenters. The normalized spacial score (nSPS) is 15.8. The number of carbonyl (C=O) groups is 3. The highest BCUT2D eigenvalue weighted by atomic mass is 32.1. The summed E-state index contributed by atoms with van der Waals surface area (Å²) >= 11 is 1.38. The van der Waals surface area contributed by atoms with E-state index in [1.807, 2.05) is 13.8 Å². The van der Waals surface area contributed by atoms with Crippen LogP contribution in [0.5, 0.6) is 0 Å². The Balaban J connectivity index is 2.01. The van der Waals surface area contributed by atoms with Gasteiger partial charge in [0.25, 0.3) is 5.91 Å². The maximum absolute atomic E-state index is 12.1. The van der Waals surface area contributed by atoms with Gasteiger partial charge in [-0.05, 0) is 31.9 Å². The summed E-state index contributed by atoms with van der Waals surface area (Å²) in [6.45, 7) is 6.17. The minimum absolute atomic E-state index is 0.303. The van der Waals surface area contributed by atoms with E-state index in [0.29, 0.717) is 18.0 Å². The Labute approximate surface area is 127 Å². The van der Waals surface area contributed by atoms with Crippen LogP contribution < -0.4 is 5.32 Å². The number of amides is 3. The van der Waals surface area contributed by atoms with Crippen LogP contribution in [0.1, 0.15) is 34.0 Å². The average molecular weight is 310 g/mol. The lowest BCUT2D eigenvalue weighted by molar-refractivity contribution is -0.135. The number of nitrogens with one attached hydrogen (secondary N) is 1. The third-order valence-corrected chi connectivity index (χ3v) is 4.66. The standard InChI is InChI=1S/C14H18N2O4S/c1-4-10-8(2)7-11(21-10)13(18)20-9(3)12(17)16-6-5-15-14(16)19/h7,9H,4-6H2,1-3H3,(H,15,19). The van der Waals surface area contributed by atoms with E-state index in [1.165, 1.54) is 18.3 Å². The van der Waals surface area contributed by atoms with Gasteiger partial charge in [0.15, 0.2) is 6.10 Å². The van der Waals surface area contributed by atoms with Crippen molar-refractivity contribution in [3.05, 3.63) is 21.4 Å². The fourth-order valence-electron chi connectivity index (χ4n) is 2.14. The van der Waals surface area contributed by atoms with Gasteiger partial charge in [-0.1, -0.05) is 6.92 Å². The van der Waals surface area contributed by atoms with Gasteiger partial charge in [-0.3, -0.25) is 9.69 Å². The van der Waals surface area contributed by atoms with Crippen LogP contribution in [0.2, 0.25) is 0 Å². The van der Waals surface area contributed by atoms with Crippen LogP contribution in [0.3, 0.4) is 0 Å². The Hall–Kier alpha value is -1.89. The quantitative estimate of drug-likeness (QED) is 0.859. The molecule has 21 heavy (non-hydrogen) atoms. The molecule has 0 bridgehead atoms. The molecule has 0 radical (unpaired) electrons. The van der Waals surface area contributed by atoms with Crippen molar-refractivity contribution in [1.82, 2.24) is 10.2 Å². The third-order valence-electron chi connectivity index (χ3n) is 3.30. The lowest BCUT2D eigenvalue weighted by atomic mass is 10.2. The molecule has 1 aliphatic heterocycles. The number of thiophene rings is 1. The van der Waals surface area contributed by atoms with Crippen LogP contribution in [0.25, 0.3) is 0 Å². The van der Waals surface area contributed by atoms with Gasteiger partial charge in [-0.2, -0.15) is 0 Å². The van der Waals surface area contributed by atoms with Gasteiger partial charge < -0.3 is 10.1 Å². The van der Waals surface area contributed by atoms with Crippen molar-refractivity contribution in [3.63, 3.8) is 0 Å². The first kappa shape index (κ1) is 15.5. The highest BCUT2D eigenvalue weighted by Crippen LogP contribution is 2.23. The molecule has 0 saturated carbocycles. The number of hydrogen-bond acceptors (Lipinski definition) is 5. The summed E-state index contributed by atoms with van der Waals surface area (Å²) in [4.78, 5) is 38.2. The summed E-state index contributed by atoms with van der Waals surface area (Å²) in [5.41, 5.74) is 1.05. The molecule has 1 fully saturated rings. The molecule has 1 N–H and O–H groups in total. The number of rotatable bonds is 4. The number of urea groups is 1. The molecule has 1 atom stereocenters. The molecule has 6 nitrogen and oxygen atoms in total. The first-order valence-corrected chi connectivity index (χ1v) is 7.65. The predicted molar refractivity (Wildman–Crippen MR) is 78.4 cm³/mol. The Morgan fingerprint density at radius 1 is 1.52 bits per heavy atom. The molecule has 0 spiro atoms. The van der Waals surface area contributed by atoms with Crippen LogP contribution in [0, 0.1) is 6.92 Å². The van der Waals surface area contributed by atoms with Gasteiger partial charge in [0.05, 0.1) is 0 Å². The molecule has 2 rings (SSSR count). The van der Waals surface area contributed by atoms with Gasteiger partial charge in [-0.15, -0.1) is 11.3 Å². The molecule has 0 aromatic carbocycles. The molecule has 3 amide bonds. The first-order valence-electron chi connectivity index (χ1n) is 6.83. The monoisotopic (exact) mass is 310 g/mol. The second-order valence-electron chi connectivity index (χ2n) is 4.84. The molecular formula is C14H18N2O4S. The number of esters is 1. The number of imide groups is 1. The van der Waals surface area contributed by atoms with Gasteiger partial charge in [-0.25, -0.2) is 9.59 Å². The summed E-state index contributed by atoms with van der Waals surface area (Å²) in [5.74, 6) is -1.02. The average Bonchev–Trinajstić information content (AvgIpc) is 3.03. The minimum Gasteiger partial charge on any atom is -0.448 e. The topological polar surface area (TPSA) is 75.7 Å². The van der Waals surface area contributed by atoms with Crippen LogP contribution in [0.15, 0.2) is 6.07 Å². The van der Waals surface area contributed by atoms with Crippen molar-refractivity contribution in [2.45, 2.75) is 33.3 Å². The molecule has 1 aliphatic rings. The molecule has 114 valence electrons. The fourth-order valence-corrected chi connectivity index (χ4v) is 3.14. The zero-order chi connectivity index (χ0) is 15.6. The van der Waals surface area contributed by atoms with E-state index in [4.69, 9.17) is 4.74 Å². The molecule has 1 aromatic heterocycles. The molecule has 2 heterocycles. The van der Waals surface area contributed by atoms with E-state index in [0.717, 1.165) is 21.8 Å². The summed E-state index contributed by atoms with van der Waals surface area (Å²) in [7, 11) is 0. The van der Waals surface area contributed by atoms with Crippen molar-refractivity contribution in [2.24, 2.45) is 0 Å². The van der Waals surface area contributed by atoms with E-state index >= 15 is 0 Å². The molecular weight excluding hydrogens is 292 g/mol. The Morgan fingerprint density at radius 3 is 2.76 bits per heavy atom. The Morgan fingerprint density at radius 2 is 2.24 bits per heavy atom. The largest absolute Gasteiger partial charge is 0.448 e. The minimum atomic E-state index is -0.978. The maximum Gasteiger partial charge on any atom is 0.349 e. The lowest BCUT2D eigenvalue weighted by Gasteiger charge is -2.17. The zero-order valence-corrected chi connectivity index (χ0v) is 13.1. The van der Waals surface area contributed by atoms with Crippen molar-refractivity contribution >= 4 is 29.2 Å². The fraction of sp³-hybridized carbons (Fsp3) is 0.500. The second-order valence-corrected chi connectivity index (χ2v) is 5.98. The van der Waals surface area contributed by atoms with E-state index in [-0.39, 0.29) is 0 Å². The van der Waals surface area contributed by atoms with Gasteiger partial charge in [0, 0.05) is 18.0 Å². The van der Waals surface area contributed by atoms with Crippen molar-refractivity contribution in [3.8, 4) is 0 Å². The highest BCUT2D eigenvalue weighted by molar-refractivity contribution is 7.14. The Bertz CT molecular complexity index is 582. The smallest absolute Gasteiger partial charge is 0.349 e. The number of aryl methyl sites for hydroxylation is 2. The van der Waals surface area contributed by atoms with Crippen molar-refractivity contribution in [2.75, 3.05) is 13.1 Å². The van der Waals surface area contributed by atoms with E-state index in [1.54, 1.807) is 6.07 Å². The number of nitrogens with zero attached hydrogens (tertiary/aromatic N) is 1. The van der Waals surface area contributed by atoms with Crippen molar-refractivity contribution in [1.29, 1.82) is 0 Å². The van der Waals surface area contributed by atoms with Crippen LogP contribution in [-0.2, 0) is 16.0 Å². The van der Waals surface area contributed by atoms with E-state index in [9.17, 15) is 14.4 Å². The second kappa shape index (κ2) is 6.26. The SMILES string of the molecule is CCc1sc(C(=O)OC(C)C(=O)N2CCNC2=O)cc1C.